The van der Waals surface area contributed by atoms with Gasteiger partial charge in [-0.2, -0.15) is 5.26 Å². The normalized spacial score (nSPS) is 11.0. The van der Waals surface area contributed by atoms with Gasteiger partial charge < -0.3 is 9.84 Å². The Morgan fingerprint density at radius 1 is 1.53 bits per heavy atom. The maximum atomic E-state index is 12.0. The van der Waals surface area contributed by atoms with Crippen LogP contribution >= 0.6 is 11.6 Å². The van der Waals surface area contributed by atoms with E-state index in [0.29, 0.717) is 0 Å². The summed E-state index contributed by atoms with van der Waals surface area (Å²) in [4.78, 5) is 3.50. The Hall–Kier alpha value is -1.68. The topological polar surface area (TPSA) is 66.1 Å². The number of hydrogen-bond acceptors (Lipinski definition) is 4. The third-order valence-corrected chi connectivity index (χ3v) is 2.07. The average Bonchev–Trinajstić information content (AvgIpc) is 2.21. The van der Waals surface area contributed by atoms with E-state index in [1.54, 1.807) is 6.07 Å². The number of pyridine rings is 1. The molecule has 0 unspecified atom stereocenters. The highest BCUT2D eigenvalue weighted by Crippen LogP contribution is 2.34. The molecule has 0 aliphatic carbocycles. The number of hydrogen-bond donors (Lipinski definition) is 1. The smallest absolute Gasteiger partial charge is 0.506 e. The van der Waals surface area contributed by atoms with Crippen LogP contribution in [-0.4, -0.2) is 16.5 Å². The van der Waals surface area contributed by atoms with E-state index >= 15 is 0 Å². The second-order valence-electron chi connectivity index (χ2n) is 2.91. The van der Waals surface area contributed by atoms with E-state index < -0.39 is 23.7 Å². The zero-order valence-corrected chi connectivity index (χ0v) is 9.01. The van der Waals surface area contributed by atoms with Crippen LogP contribution in [0.5, 0.6) is 11.5 Å². The van der Waals surface area contributed by atoms with Crippen molar-refractivity contribution in [2.75, 3.05) is 0 Å². The first-order valence-corrected chi connectivity index (χ1v) is 4.81. The van der Waals surface area contributed by atoms with Crippen molar-refractivity contribution < 1.29 is 23.0 Å². The first kappa shape index (κ1) is 13.4. The highest BCUT2D eigenvalue weighted by molar-refractivity contribution is 6.17. The summed E-state index contributed by atoms with van der Waals surface area (Å²) in [5.41, 5.74) is -0.290. The quantitative estimate of drug-likeness (QED) is 0.854. The van der Waals surface area contributed by atoms with Crippen molar-refractivity contribution in [3.63, 3.8) is 0 Å². The van der Waals surface area contributed by atoms with Crippen molar-refractivity contribution in [1.82, 2.24) is 4.98 Å². The van der Waals surface area contributed by atoms with Gasteiger partial charge in [-0.15, -0.1) is 24.8 Å². The predicted octanol–water partition coefficient (Wildman–Crippen LogP) is 2.49. The molecule has 17 heavy (non-hydrogen) atoms. The highest BCUT2D eigenvalue weighted by atomic mass is 35.5. The third-order valence-electron chi connectivity index (χ3n) is 1.80. The number of nitriles is 1. The molecule has 0 aliphatic heterocycles. The van der Waals surface area contributed by atoms with Crippen LogP contribution in [0.3, 0.4) is 0 Å². The standard InChI is InChI=1S/C9H6ClF3N2O2/c10-3-5-7(17-9(11,12)13)4-15-6(1-2-14)8(5)16/h4,16H,1,3H2. The molecule has 1 aromatic rings. The number of halogens is 4. The van der Waals surface area contributed by atoms with Crippen LogP contribution < -0.4 is 4.74 Å². The maximum Gasteiger partial charge on any atom is 0.573 e. The SMILES string of the molecule is N#CCc1ncc(OC(F)(F)F)c(CCl)c1O. The summed E-state index contributed by atoms with van der Waals surface area (Å²) in [7, 11) is 0. The van der Waals surface area contributed by atoms with Crippen molar-refractivity contribution in [3.8, 4) is 17.6 Å². The van der Waals surface area contributed by atoms with Gasteiger partial charge in [0.2, 0.25) is 0 Å². The molecule has 0 fully saturated rings. The minimum Gasteiger partial charge on any atom is -0.506 e. The average molecular weight is 267 g/mol. The molecule has 1 aromatic heterocycles. The highest BCUT2D eigenvalue weighted by Gasteiger charge is 2.33. The lowest BCUT2D eigenvalue weighted by molar-refractivity contribution is -0.275. The molecular formula is C9H6ClF3N2O2. The molecule has 0 radical (unpaired) electrons. The molecule has 1 rings (SSSR count). The van der Waals surface area contributed by atoms with Gasteiger partial charge in [0, 0.05) is 0 Å². The number of nitrogens with zero attached hydrogens (tertiary/aromatic N) is 2. The minimum absolute atomic E-state index is 0.0438. The predicted molar refractivity (Wildman–Crippen MR) is 51.5 cm³/mol. The molecule has 0 spiro atoms. The molecule has 0 aliphatic rings. The van der Waals surface area contributed by atoms with Crippen LogP contribution in [-0.2, 0) is 12.3 Å². The van der Waals surface area contributed by atoms with Gasteiger partial charge >= 0.3 is 6.36 Å². The summed E-state index contributed by atoms with van der Waals surface area (Å²) in [6.45, 7) is 0. The second kappa shape index (κ2) is 5.10. The fraction of sp³-hybridized carbons (Fsp3) is 0.333. The van der Waals surface area contributed by atoms with E-state index in [9.17, 15) is 18.3 Å². The Morgan fingerprint density at radius 3 is 2.65 bits per heavy atom. The van der Waals surface area contributed by atoms with E-state index in [-0.39, 0.29) is 17.7 Å². The molecule has 8 heteroatoms. The summed E-state index contributed by atoms with van der Waals surface area (Å²) < 4.78 is 39.7. The van der Waals surface area contributed by atoms with E-state index in [2.05, 4.69) is 9.72 Å². The fourth-order valence-electron chi connectivity index (χ4n) is 1.11. The van der Waals surface area contributed by atoms with Gasteiger partial charge in [0.15, 0.2) is 5.75 Å². The van der Waals surface area contributed by atoms with E-state index in [1.807, 2.05) is 0 Å². The Kier molecular flexibility index (Phi) is 4.02. The Morgan fingerprint density at radius 2 is 2.18 bits per heavy atom. The van der Waals surface area contributed by atoms with Crippen molar-refractivity contribution in [3.05, 3.63) is 17.5 Å². The molecule has 4 nitrogen and oxygen atoms in total. The lowest BCUT2D eigenvalue weighted by Gasteiger charge is -2.13. The third kappa shape index (κ3) is 3.39. The molecule has 0 aromatic carbocycles. The number of aromatic hydroxyl groups is 1. The van der Waals surface area contributed by atoms with Crippen LogP contribution in [0.25, 0.3) is 0 Å². The zero-order valence-electron chi connectivity index (χ0n) is 8.25. The van der Waals surface area contributed by atoms with E-state index in [0.717, 1.165) is 6.20 Å². The van der Waals surface area contributed by atoms with Crippen molar-refractivity contribution >= 4 is 11.6 Å². The zero-order chi connectivity index (χ0) is 13.1. The van der Waals surface area contributed by atoms with Gasteiger partial charge in [-0.3, -0.25) is 4.98 Å². The van der Waals surface area contributed by atoms with Gasteiger partial charge in [-0.25, -0.2) is 0 Å². The Balaban J connectivity index is 3.17. The Bertz CT molecular complexity index is 457. The van der Waals surface area contributed by atoms with Crippen LogP contribution in [0, 0.1) is 11.3 Å². The number of ether oxygens (including phenoxy) is 1. The first-order valence-electron chi connectivity index (χ1n) is 4.27. The monoisotopic (exact) mass is 266 g/mol. The number of alkyl halides is 4. The molecule has 1 N–H and O–H groups in total. The largest absolute Gasteiger partial charge is 0.573 e. The maximum absolute atomic E-state index is 12.0. The summed E-state index contributed by atoms with van der Waals surface area (Å²) in [6, 6.07) is 1.72. The number of aromatic nitrogens is 1. The molecule has 92 valence electrons. The molecule has 0 saturated carbocycles. The van der Waals surface area contributed by atoms with Gasteiger partial charge in [-0.05, 0) is 0 Å². The first-order chi connectivity index (χ1) is 7.89. The van der Waals surface area contributed by atoms with Crippen LogP contribution in [0.4, 0.5) is 13.2 Å². The molecule has 0 bridgehead atoms. The molecule has 0 saturated heterocycles. The van der Waals surface area contributed by atoms with Gasteiger partial charge in [0.05, 0.1) is 35.8 Å². The summed E-state index contributed by atoms with van der Waals surface area (Å²) in [5.74, 6) is -1.62. The van der Waals surface area contributed by atoms with Gasteiger partial charge in [-0.1, -0.05) is 0 Å². The second-order valence-corrected chi connectivity index (χ2v) is 3.18. The van der Waals surface area contributed by atoms with Gasteiger partial charge in [0.1, 0.15) is 5.75 Å². The molecule has 0 atom stereocenters. The lowest BCUT2D eigenvalue weighted by atomic mass is 10.1. The van der Waals surface area contributed by atoms with Crippen molar-refractivity contribution in [1.29, 1.82) is 5.26 Å². The summed E-state index contributed by atoms with van der Waals surface area (Å²) in [6.07, 6.45) is -4.36. The number of rotatable bonds is 3. The van der Waals surface area contributed by atoms with Crippen LogP contribution in [0.1, 0.15) is 11.3 Å². The fourth-order valence-corrected chi connectivity index (χ4v) is 1.37. The molecule has 1 heterocycles. The van der Waals surface area contributed by atoms with E-state index in [1.165, 1.54) is 0 Å². The van der Waals surface area contributed by atoms with Gasteiger partial charge in [0.25, 0.3) is 0 Å². The summed E-state index contributed by atoms with van der Waals surface area (Å²) >= 11 is 5.42. The van der Waals surface area contributed by atoms with Crippen LogP contribution in [0.15, 0.2) is 6.20 Å². The van der Waals surface area contributed by atoms with E-state index in [4.69, 9.17) is 16.9 Å². The van der Waals surface area contributed by atoms with Crippen LogP contribution in [0.2, 0.25) is 0 Å². The summed E-state index contributed by atoms with van der Waals surface area (Å²) in [5, 5.41) is 18.0. The Labute approximate surface area is 99.2 Å². The lowest BCUT2D eigenvalue weighted by Crippen LogP contribution is -2.18. The molecular weight excluding hydrogens is 261 g/mol. The molecule has 0 amide bonds. The van der Waals surface area contributed by atoms with Crippen molar-refractivity contribution in [2.45, 2.75) is 18.7 Å². The van der Waals surface area contributed by atoms with Crippen molar-refractivity contribution in [2.24, 2.45) is 0 Å². The minimum atomic E-state index is -4.90.